The smallest absolute Gasteiger partial charge is 0.336 e. The van der Waals surface area contributed by atoms with Crippen LogP contribution < -0.4 is 11.1 Å². The molecular formula is C25H28N2O3S2. The maximum Gasteiger partial charge on any atom is 0.336 e. The first-order chi connectivity index (χ1) is 15.4. The first-order valence-corrected chi connectivity index (χ1v) is 13.2. The van der Waals surface area contributed by atoms with Crippen molar-refractivity contribution in [2.24, 2.45) is 23.2 Å². The van der Waals surface area contributed by atoms with Gasteiger partial charge in [0, 0.05) is 21.6 Å². The van der Waals surface area contributed by atoms with Crippen LogP contribution in [0, 0.1) is 23.2 Å². The molecule has 2 aromatic rings. The molecule has 4 bridgehead atoms. The standard InChI is InChI=1S/C25H28N2O3S2/c1-12-17(24(29)30-2)18(16-4-3-5-31-16)19-20(26)21(32-23(19)27-12)22(28)25-9-13-6-14(10-25)8-15(7-13)11-25/h3-5,13-15,18,27H,6-11,26H2,1-2H3. The third-order valence-electron chi connectivity index (χ3n) is 8.23. The zero-order valence-corrected chi connectivity index (χ0v) is 20.0. The van der Waals surface area contributed by atoms with Gasteiger partial charge in [0.25, 0.3) is 0 Å². The number of nitrogens with one attached hydrogen (secondary N) is 1. The lowest BCUT2D eigenvalue weighted by Gasteiger charge is -2.55. The number of ketones is 1. The minimum atomic E-state index is -0.362. The zero-order valence-electron chi connectivity index (χ0n) is 18.4. The van der Waals surface area contributed by atoms with Gasteiger partial charge in [0.15, 0.2) is 5.78 Å². The van der Waals surface area contributed by atoms with Gasteiger partial charge in [-0.1, -0.05) is 6.07 Å². The van der Waals surface area contributed by atoms with Gasteiger partial charge in [0.05, 0.1) is 34.2 Å². The molecule has 2 aromatic heterocycles. The van der Waals surface area contributed by atoms with Crippen LogP contribution in [0.3, 0.4) is 0 Å². The van der Waals surface area contributed by atoms with E-state index in [-0.39, 0.29) is 23.1 Å². The number of hydrogen-bond acceptors (Lipinski definition) is 7. The maximum absolute atomic E-state index is 14.1. The topological polar surface area (TPSA) is 81.4 Å². The van der Waals surface area contributed by atoms with Crippen molar-refractivity contribution in [2.45, 2.75) is 51.4 Å². The Morgan fingerprint density at radius 1 is 1.16 bits per heavy atom. The summed E-state index contributed by atoms with van der Waals surface area (Å²) in [5.74, 6) is 1.68. The van der Waals surface area contributed by atoms with Crippen LogP contribution in [-0.2, 0) is 9.53 Å². The molecule has 4 aliphatic carbocycles. The molecular weight excluding hydrogens is 440 g/mol. The van der Waals surface area contributed by atoms with Gasteiger partial charge in [0.1, 0.15) is 0 Å². The van der Waals surface area contributed by atoms with Crippen LogP contribution in [0.4, 0.5) is 10.7 Å². The molecule has 3 heterocycles. The number of ether oxygens (including phenoxy) is 1. The van der Waals surface area contributed by atoms with Gasteiger partial charge in [-0.15, -0.1) is 22.7 Å². The lowest BCUT2D eigenvalue weighted by Crippen LogP contribution is -2.50. The Hall–Kier alpha value is -2.12. The largest absolute Gasteiger partial charge is 0.466 e. The second-order valence-electron chi connectivity index (χ2n) is 10.2. The van der Waals surface area contributed by atoms with Crippen molar-refractivity contribution in [3.8, 4) is 0 Å². The van der Waals surface area contributed by atoms with E-state index in [9.17, 15) is 9.59 Å². The minimum absolute atomic E-state index is 0.234. The molecule has 1 atom stereocenters. The third-order valence-corrected chi connectivity index (χ3v) is 10.3. The molecule has 3 N–H and O–H groups in total. The van der Waals surface area contributed by atoms with E-state index in [0.29, 0.717) is 33.9 Å². The number of allylic oxidation sites excluding steroid dienone is 1. The van der Waals surface area contributed by atoms with Crippen molar-refractivity contribution in [3.05, 3.63) is 44.1 Å². The maximum atomic E-state index is 14.1. The van der Waals surface area contributed by atoms with Crippen LogP contribution in [0.5, 0.6) is 0 Å². The Morgan fingerprint density at radius 3 is 2.38 bits per heavy atom. The molecule has 7 heteroatoms. The molecule has 0 aromatic carbocycles. The summed E-state index contributed by atoms with van der Waals surface area (Å²) in [5, 5.41) is 6.27. The van der Waals surface area contributed by atoms with Crippen molar-refractivity contribution >= 4 is 45.1 Å². The molecule has 5 nitrogen and oxygen atoms in total. The molecule has 1 unspecified atom stereocenters. The molecule has 4 fully saturated rings. The second-order valence-corrected chi connectivity index (χ2v) is 12.2. The zero-order chi connectivity index (χ0) is 22.2. The first kappa shape index (κ1) is 20.5. The van der Waals surface area contributed by atoms with E-state index in [4.69, 9.17) is 10.5 Å². The highest BCUT2D eigenvalue weighted by Gasteiger charge is 2.55. The van der Waals surface area contributed by atoms with E-state index in [1.807, 2.05) is 24.4 Å². The monoisotopic (exact) mass is 468 g/mol. The Morgan fingerprint density at radius 2 is 1.81 bits per heavy atom. The number of anilines is 2. The van der Waals surface area contributed by atoms with Crippen molar-refractivity contribution in [2.75, 3.05) is 18.2 Å². The van der Waals surface area contributed by atoms with E-state index in [0.717, 1.165) is 40.4 Å². The van der Waals surface area contributed by atoms with Gasteiger partial charge in [0.2, 0.25) is 0 Å². The fourth-order valence-corrected chi connectivity index (χ4v) is 9.47. The summed E-state index contributed by atoms with van der Waals surface area (Å²) in [6.45, 7) is 1.90. The number of hydrogen-bond donors (Lipinski definition) is 2. The van der Waals surface area contributed by atoms with Crippen molar-refractivity contribution in [1.29, 1.82) is 0 Å². The molecule has 0 saturated heterocycles. The number of fused-ring (bicyclic) bond motifs is 1. The van der Waals surface area contributed by atoms with Crippen molar-refractivity contribution < 1.29 is 14.3 Å². The van der Waals surface area contributed by atoms with Crippen LogP contribution in [0.15, 0.2) is 28.8 Å². The highest BCUT2D eigenvalue weighted by atomic mass is 32.1. The summed E-state index contributed by atoms with van der Waals surface area (Å²) in [6.07, 6.45) is 6.97. The van der Waals surface area contributed by atoms with Crippen LogP contribution in [0.2, 0.25) is 0 Å². The van der Waals surface area contributed by atoms with Gasteiger partial charge in [-0.2, -0.15) is 0 Å². The summed E-state index contributed by atoms with van der Waals surface area (Å²) in [4.78, 5) is 28.6. The van der Waals surface area contributed by atoms with E-state index < -0.39 is 0 Å². The van der Waals surface area contributed by atoms with Gasteiger partial charge < -0.3 is 15.8 Å². The second kappa shape index (κ2) is 7.19. The van der Waals surface area contributed by atoms with Gasteiger partial charge in [-0.3, -0.25) is 4.79 Å². The molecule has 5 aliphatic rings. The molecule has 1 aliphatic heterocycles. The summed E-state index contributed by atoms with van der Waals surface area (Å²) in [7, 11) is 1.41. The highest BCUT2D eigenvalue weighted by Crippen LogP contribution is 2.62. The summed E-state index contributed by atoms with van der Waals surface area (Å²) in [5.41, 5.74) is 9.27. The Bertz CT molecular complexity index is 1110. The Kier molecular flexibility index (Phi) is 4.60. The van der Waals surface area contributed by atoms with Crippen LogP contribution in [0.1, 0.15) is 71.5 Å². The summed E-state index contributed by atoms with van der Waals surface area (Å²) in [6, 6.07) is 4.01. The predicted octanol–water partition coefficient (Wildman–Crippen LogP) is 5.80. The number of methoxy groups -OCH3 is 1. The molecule has 4 saturated carbocycles. The van der Waals surface area contributed by atoms with Crippen LogP contribution >= 0.6 is 22.7 Å². The number of carbonyl (C=O) groups is 2. The average Bonchev–Trinajstić information content (AvgIpc) is 3.39. The van der Waals surface area contributed by atoms with Crippen molar-refractivity contribution in [3.63, 3.8) is 0 Å². The van der Waals surface area contributed by atoms with E-state index in [1.165, 1.54) is 37.7 Å². The van der Waals surface area contributed by atoms with E-state index in [1.54, 1.807) is 11.3 Å². The highest BCUT2D eigenvalue weighted by molar-refractivity contribution is 7.19. The number of thiophene rings is 2. The number of esters is 1. The SMILES string of the molecule is COC(=O)C1=C(C)Nc2sc(C(=O)C34CC5CC(CC(C5)C3)C4)c(N)c2C1c1cccs1. The molecule has 168 valence electrons. The quantitative estimate of drug-likeness (QED) is 0.438. The summed E-state index contributed by atoms with van der Waals surface area (Å²) < 4.78 is 5.13. The average molecular weight is 469 g/mol. The number of rotatable bonds is 4. The van der Waals surface area contributed by atoms with Gasteiger partial charge in [-0.25, -0.2) is 4.79 Å². The molecule has 0 amide bonds. The van der Waals surface area contributed by atoms with Crippen molar-refractivity contribution in [1.82, 2.24) is 0 Å². The van der Waals surface area contributed by atoms with Gasteiger partial charge >= 0.3 is 5.97 Å². The third kappa shape index (κ3) is 2.86. The Labute approximate surface area is 196 Å². The van der Waals surface area contributed by atoms with Crippen LogP contribution in [0.25, 0.3) is 0 Å². The Balaban J connectivity index is 1.45. The molecule has 0 spiro atoms. The number of carbonyl (C=O) groups excluding carboxylic acids is 2. The number of nitrogens with two attached hydrogens (primary N) is 1. The van der Waals surface area contributed by atoms with Crippen LogP contribution in [-0.4, -0.2) is 18.9 Å². The minimum Gasteiger partial charge on any atom is -0.466 e. The molecule has 32 heavy (non-hydrogen) atoms. The lowest BCUT2D eigenvalue weighted by molar-refractivity contribution is -0.136. The number of Topliss-reactive ketones (excluding diaryl/α,β-unsaturated/α-hetero) is 1. The summed E-state index contributed by atoms with van der Waals surface area (Å²) >= 11 is 3.07. The first-order valence-electron chi connectivity index (χ1n) is 11.5. The molecule has 0 radical (unpaired) electrons. The predicted molar refractivity (Wildman–Crippen MR) is 128 cm³/mol. The normalized spacial score (nSPS) is 32.6. The van der Waals surface area contributed by atoms with Gasteiger partial charge in [-0.05, 0) is 74.6 Å². The number of nitrogen functional groups attached to an aromatic ring is 1. The fourth-order valence-electron chi connectivity index (χ4n) is 7.35. The lowest BCUT2D eigenvalue weighted by atomic mass is 9.48. The van der Waals surface area contributed by atoms with E-state index >= 15 is 0 Å². The van der Waals surface area contributed by atoms with E-state index in [2.05, 4.69) is 5.32 Å². The molecule has 7 rings (SSSR count). The fraction of sp³-hybridized carbons (Fsp3) is 0.520.